The first-order valence-electron chi connectivity index (χ1n) is 5.89. The predicted molar refractivity (Wildman–Crippen MR) is 56.1 cm³/mol. The average molecular weight is 198 g/mol. The highest BCUT2D eigenvalue weighted by Gasteiger charge is 2.44. The Morgan fingerprint density at radius 3 is 2.43 bits per heavy atom. The summed E-state index contributed by atoms with van der Waals surface area (Å²) in [5.41, 5.74) is 0.00924. The lowest BCUT2D eigenvalue weighted by molar-refractivity contribution is -0.332. The summed E-state index contributed by atoms with van der Waals surface area (Å²) in [4.78, 5) is 0. The second-order valence-corrected chi connectivity index (χ2v) is 5.45. The van der Waals surface area contributed by atoms with Crippen molar-refractivity contribution >= 4 is 0 Å². The maximum atomic E-state index is 6.15. The Morgan fingerprint density at radius 1 is 1.07 bits per heavy atom. The van der Waals surface area contributed by atoms with Crippen LogP contribution in [0.5, 0.6) is 0 Å². The Kier molecular flexibility index (Phi) is 2.61. The molecule has 2 heteroatoms. The normalized spacial score (nSPS) is 42.6. The van der Waals surface area contributed by atoms with Crippen LogP contribution < -0.4 is 0 Å². The van der Waals surface area contributed by atoms with Crippen molar-refractivity contribution in [3.63, 3.8) is 0 Å². The third kappa shape index (κ3) is 2.12. The quantitative estimate of drug-likeness (QED) is 0.595. The summed E-state index contributed by atoms with van der Waals surface area (Å²) in [5, 5.41) is 0. The van der Waals surface area contributed by atoms with Crippen LogP contribution in [-0.4, -0.2) is 17.5 Å². The van der Waals surface area contributed by atoms with Crippen molar-refractivity contribution < 1.29 is 9.47 Å². The Bertz CT molecular complexity index is 208. The maximum Gasteiger partial charge on any atom is 0.169 e. The van der Waals surface area contributed by atoms with Crippen molar-refractivity contribution in [1.29, 1.82) is 0 Å². The molecule has 0 radical (unpaired) electrons. The molecular formula is C12H22O2. The highest BCUT2D eigenvalue weighted by Crippen LogP contribution is 2.42. The fourth-order valence-electron chi connectivity index (χ4n) is 2.79. The highest BCUT2D eigenvalue weighted by atomic mass is 16.7. The zero-order valence-corrected chi connectivity index (χ0v) is 9.64. The lowest BCUT2D eigenvalue weighted by atomic mass is 9.89. The van der Waals surface area contributed by atoms with Crippen molar-refractivity contribution in [3.05, 3.63) is 0 Å². The second-order valence-electron chi connectivity index (χ2n) is 5.45. The summed E-state index contributed by atoms with van der Waals surface area (Å²) in [5.74, 6) is -0.237. The van der Waals surface area contributed by atoms with E-state index in [0.717, 1.165) is 19.3 Å². The Labute approximate surface area is 87.0 Å². The smallest absolute Gasteiger partial charge is 0.169 e. The predicted octanol–water partition coefficient (Wildman–Crippen LogP) is 3.25. The van der Waals surface area contributed by atoms with Gasteiger partial charge >= 0.3 is 0 Å². The first kappa shape index (κ1) is 10.4. The molecule has 0 aromatic carbocycles. The third-order valence-corrected chi connectivity index (χ3v) is 3.38. The van der Waals surface area contributed by atoms with Crippen LogP contribution in [0.1, 0.15) is 59.3 Å². The zero-order chi connectivity index (χ0) is 10.2. The molecule has 0 N–H and O–H groups in total. The van der Waals surface area contributed by atoms with Crippen molar-refractivity contribution in [2.45, 2.75) is 76.8 Å². The van der Waals surface area contributed by atoms with Crippen LogP contribution in [0.15, 0.2) is 0 Å². The van der Waals surface area contributed by atoms with E-state index >= 15 is 0 Å². The summed E-state index contributed by atoms with van der Waals surface area (Å²) in [6.45, 7) is 6.51. The molecule has 0 aromatic heterocycles. The molecule has 0 amide bonds. The molecule has 0 bridgehead atoms. The number of rotatable bonds is 0. The van der Waals surface area contributed by atoms with Crippen molar-refractivity contribution in [1.82, 2.24) is 0 Å². The largest absolute Gasteiger partial charge is 0.347 e. The Morgan fingerprint density at radius 2 is 1.79 bits per heavy atom. The number of hydrogen-bond donors (Lipinski definition) is 0. The van der Waals surface area contributed by atoms with Gasteiger partial charge in [-0.3, -0.25) is 0 Å². The van der Waals surface area contributed by atoms with Gasteiger partial charge in [-0.2, -0.15) is 0 Å². The van der Waals surface area contributed by atoms with Crippen LogP contribution in [0.3, 0.4) is 0 Å². The van der Waals surface area contributed by atoms with Gasteiger partial charge in [-0.25, -0.2) is 0 Å². The molecule has 0 saturated carbocycles. The topological polar surface area (TPSA) is 18.5 Å². The molecule has 2 nitrogen and oxygen atoms in total. The molecule has 2 rings (SSSR count). The van der Waals surface area contributed by atoms with Crippen LogP contribution >= 0.6 is 0 Å². The van der Waals surface area contributed by atoms with E-state index in [1.54, 1.807) is 0 Å². The first-order valence-corrected chi connectivity index (χ1v) is 5.89. The van der Waals surface area contributed by atoms with Crippen molar-refractivity contribution in [3.8, 4) is 0 Å². The lowest BCUT2D eigenvalue weighted by Gasteiger charge is -2.48. The molecular weight excluding hydrogens is 176 g/mol. The van der Waals surface area contributed by atoms with Crippen LogP contribution in [0, 0.1) is 0 Å². The summed E-state index contributed by atoms with van der Waals surface area (Å²) >= 11 is 0. The SMILES string of the molecule is CC1CCC[C@@]2(CCCC(C)(C)O2)O1. The van der Waals surface area contributed by atoms with E-state index in [0.29, 0.717) is 6.10 Å². The molecule has 2 fully saturated rings. The van der Waals surface area contributed by atoms with Gasteiger partial charge in [0.1, 0.15) is 0 Å². The van der Waals surface area contributed by atoms with E-state index < -0.39 is 0 Å². The summed E-state index contributed by atoms with van der Waals surface area (Å²) in [7, 11) is 0. The number of ether oxygens (including phenoxy) is 2. The summed E-state index contributed by atoms with van der Waals surface area (Å²) in [6.07, 6.45) is 7.37. The van der Waals surface area contributed by atoms with Gasteiger partial charge in [-0.15, -0.1) is 0 Å². The minimum absolute atomic E-state index is 0.00924. The molecule has 2 heterocycles. The minimum Gasteiger partial charge on any atom is -0.347 e. The molecule has 0 aromatic rings. The van der Waals surface area contributed by atoms with E-state index in [4.69, 9.17) is 9.47 Å². The molecule has 1 unspecified atom stereocenters. The van der Waals surface area contributed by atoms with Gasteiger partial charge in [0.15, 0.2) is 5.79 Å². The van der Waals surface area contributed by atoms with E-state index in [1.165, 1.54) is 19.3 Å². The Balaban J connectivity index is 2.06. The van der Waals surface area contributed by atoms with Gasteiger partial charge in [-0.05, 0) is 46.5 Å². The van der Waals surface area contributed by atoms with Gasteiger partial charge in [-0.1, -0.05) is 0 Å². The van der Waals surface area contributed by atoms with Crippen molar-refractivity contribution in [2.24, 2.45) is 0 Å². The van der Waals surface area contributed by atoms with Crippen LogP contribution in [0.25, 0.3) is 0 Å². The second kappa shape index (κ2) is 3.49. The highest BCUT2D eigenvalue weighted by molar-refractivity contribution is 4.86. The maximum absolute atomic E-state index is 6.15. The van der Waals surface area contributed by atoms with E-state index in [2.05, 4.69) is 20.8 Å². The van der Waals surface area contributed by atoms with Gasteiger partial charge in [0.05, 0.1) is 11.7 Å². The van der Waals surface area contributed by atoms with Gasteiger partial charge in [0.2, 0.25) is 0 Å². The molecule has 14 heavy (non-hydrogen) atoms. The lowest BCUT2D eigenvalue weighted by Crippen LogP contribution is -2.50. The van der Waals surface area contributed by atoms with Gasteiger partial charge < -0.3 is 9.47 Å². The zero-order valence-electron chi connectivity index (χ0n) is 9.64. The third-order valence-electron chi connectivity index (χ3n) is 3.38. The first-order chi connectivity index (χ1) is 6.52. The average Bonchev–Trinajstić information content (AvgIpc) is 2.00. The molecule has 2 aliphatic heterocycles. The van der Waals surface area contributed by atoms with Crippen LogP contribution in [-0.2, 0) is 9.47 Å². The molecule has 2 aliphatic rings. The van der Waals surface area contributed by atoms with E-state index in [9.17, 15) is 0 Å². The van der Waals surface area contributed by atoms with E-state index in [-0.39, 0.29) is 11.4 Å². The van der Waals surface area contributed by atoms with Crippen LogP contribution in [0.4, 0.5) is 0 Å². The minimum atomic E-state index is -0.237. The van der Waals surface area contributed by atoms with Gasteiger partial charge in [0, 0.05) is 12.8 Å². The van der Waals surface area contributed by atoms with E-state index in [1.807, 2.05) is 0 Å². The summed E-state index contributed by atoms with van der Waals surface area (Å²) in [6, 6.07) is 0. The van der Waals surface area contributed by atoms with Crippen LogP contribution in [0.2, 0.25) is 0 Å². The Hall–Kier alpha value is -0.0800. The van der Waals surface area contributed by atoms with Gasteiger partial charge in [0.25, 0.3) is 0 Å². The number of hydrogen-bond acceptors (Lipinski definition) is 2. The summed E-state index contributed by atoms with van der Waals surface area (Å²) < 4.78 is 12.2. The van der Waals surface area contributed by atoms with Crippen molar-refractivity contribution in [2.75, 3.05) is 0 Å². The fraction of sp³-hybridized carbons (Fsp3) is 1.00. The molecule has 2 atom stereocenters. The molecule has 2 saturated heterocycles. The standard InChI is InChI=1S/C12H22O2/c1-10-6-4-8-12(13-10)9-5-7-11(2,3)14-12/h10H,4-9H2,1-3H3/t10?,12-/m1/s1. The molecule has 0 aliphatic carbocycles. The fourth-order valence-corrected chi connectivity index (χ4v) is 2.79. The molecule has 82 valence electrons. The monoisotopic (exact) mass is 198 g/mol. The molecule has 1 spiro atoms.